The number of rotatable bonds is 5. The van der Waals surface area contributed by atoms with Gasteiger partial charge in [0.2, 0.25) is 0 Å². The van der Waals surface area contributed by atoms with E-state index in [0.29, 0.717) is 5.56 Å². The van der Waals surface area contributed by atoms with Crippen molar-refractivity contribution in [2.45, 2.75) is 39.3 Å². The number of benzene rings is 1. The lowest BCUT2D eigenvalue weighted by Crippen LogP contribution is -2.40. The summed E-state index contributed by atoms with van der Waals surface area (Å²) < 4.78 is 4.81. The zero-order valence-electron chi connectivity index (χ0n) is 12.0. The lowest BCUT2D eigenvalue weighted by molar-refractivity contribution is 0.0596. The van der Waals surface area contributed by atoms with Crippen molar-refractivity contribution < 1.29 is 9.53 Å². The van der Waals surface area contributed by atoms with E-state index in [1.165, 1.54) is 7.11 Å². The molecule has 0 atom stereocenters. The Hall–Kier alpha value is -1.35. The van der Waals surface area contributed by atoms with E-state index in [1.54, 1.807) is 0 Å². The monoisotopic (exact) mass is 249 g/mol. The van der Waals surface area contributed by atoms with Crippen LogP contribution in [0.1, 0.15) is 43.1 Å². The molecule has 0 aliphatic rings. The third-order valence-corrected chi connectivity index (χ3v) is 3.73. The Kier molecular flexibility index (Phi) is 4.91. The lowest BCUT2D eigenvalue weighted by Gasteiger charge is -2.35. The molecule has 1 aromatic rings. The topological polar surface area (TPSA) is 29.5 Å². The number of methoxy groups -OCH3 is 1. The third-order valence-electron chi connectivity index (χ3n) is 3.73. The van der Waals surface area contributed by atoms with Gasteiger partial charge in [-0.15, -0.1) is 0 Å². The summed E-state index contributed by atoms with van der Waals surface area (Å²) in [6, 6.07) is 7.61. The third kappa shape index (κ3) is 3.33. The van der Waals surface area contributed by atoms with Crippen molar-refractivity contribution in [3.8, 4) is 0 Å². The Bertz CT molecular complexity index is 413. The highest BCUT2D eigenvalue weighted by Crippen LogP contribution is 2.21. The van der Waals surface area contributed by atoms with Crippen LogP contribution in [0.2, 0.25) is 0 Å². The van der Waals surface area contributed by atoms with Crippen molar-refractivity contribution in [1.29, 1.82) is 0 Å². The number of hydrogen-bond donors (Lipinski definition) is 0. The fraction of sp³-hybridized carbons (Fsp3) is 0.533. The van der Waals surface area contributed by atoms with Crippen molar-refractivity contribution in [2.75, 3.05) is 14.2 Å². The Labute approximate surface area is 110 Å². The van der Waals surface area contributed by atoms with Gasteiger partial charge in [-0.05, 0) is 38.9 Å². The van der Waals surface area contributed by atoms with Gasteiger partial charge in [0.15, 0.2) is 0 Å². The molecule has 0 bridgehead atoms. The molecular weight excluding hydrogens is 226 g/mol. The summed E-state index contributed by atoms with van der Waals surface area (Å²) in [7, 11) is 3.50. The number of ether oxygens (including phenoxy) is 1. The molecule has 0 spiro atoms. The molecule has 0 saturated carbocycles. The number of nitrogens with zero attached hydrogens (tertiary/aromatic N) is 1. The van der Waals surface area contributed by atoms with E-state index in [1.807, 2.05) is 24.3 Å². The van der Waals surface area contributed by atoms with Gasteiger partial charge in [0, 0.05) is 12.1 Å². The fourth-order valence-electron chi connectivity index (χ4n) is 1.71. The first kappa shape index (κ1) is 14.7. The van der Waals surface area contributed by atoms with E-state index < -0.39 is 0 Å². The minimum Gasteiger partial charge on any atom is -0.465 e. The van der Waals surface area contributed by atoms with Crippen LogP contribution in [0.25, 0.3) is 0 Å². The summed E-state index contributed by atoms with van der Waals surface area (Å²) in [6.45, 7) is 7.32. The molecule has 3 heteroatoms. The Morgan fingerprint density at radius 2 is 1.94 bits per heavy atom. The number of esters is 1. The molecule has 0 saturated heterocycles. The van der Waals surface area contributed by atoms with E-state index in [0.717, 1.165) is 18.5 Å². The van der Waals surface area contributed by atoms with E-state index in [-0.39, 0.29) is 11.5 Å². The van der Waals surface area contributed by atoms with Gasteiger partial charge in [-0.25, -0.2) is 4.79 Å². The summed E-state index contributed by atoms with van der Waals surface area (Å²) in [5, 5.41) is 0. The van der Waals surface area contributed by atoms with Crippen LogP contribution >= 0.6 is 0 Å². The average Bonchev–Trinajstić information content (AvgIpc) is 2.38. The zero-order valence-corrected chi connectivity index (χ0v) is 12.0. The van der Waals surface area contributed by atoms with Gasteiger partial charge in [-0.2, -0.15) is 0 Å². The molecule has 0 N–H and O–H groups in total. The molecule has 0 unspecified atom stereocenters. The van der Waals surface area contributed by atoms with E-state index >= 15 is 0 Å². The Balaban J connectivity index is 2.94. The van der Waals surface area contributed by atoms with Crippen LogP contribution in [0.3, 0.4) is 0 Å². The Morgan fingerprint density at radius 1 is 1.33 bits per heavy atom. The maximum atomic E-state index is 11.7. The second-order valence-electron chi connectivity index (χ2n) is 5.17. The summed E-state index contributed by atoms with van der Waals surface area (Å²) in [5.74, 6) is -0.270. The second-order valence-corrected chi connectivity index (χ2v) is 5.17. The molecule has 1 rings (SSSR count). The van der Waals surface area contributed by atoms with Crippen molar-refractivity contribution in [1.82, 2.24) is 4.90 Å². The average molecular weight is 249 g/mol. The molecule has 0 aliphatic carbocycles. The molecule has 0 fully saturated rings. The van der Waals surface area contributed by atoms with Crippen molar-refractivity contribution in [2.24, 2.45) is 0 Å². The zero-order chi connectivity index (χ0) is 13.8. The molecule has 0 amide bonds. The minimum atomic E-state index is -0.270. The van der Waals surface area contributed by atoms with Crippen LogP contribution in [-0.2, 0) is 11.3 Å². The summed E-state index contributed by atoms with van der Waals surface area (Å²) >= 11 is 0. The van der Waals surface area contributed by atoms with Crippen LogP contribution in [0, 0.1) is 0 Å². The first-order valence-corrected chi connectivity index (χ1v) is 6.30. The number of carbonyl (C=O) groups excluding carboxylic acids is 1. The van der Waals surface area contributed by atoms with E-state index in [4.69, 9.17) is 4.74 Å². The minimum absolute atomic E-state index is 0.114. The molecule has 0 aromatic heterocycles. The maximum absolute atomic E-state index is 11.7. The first-order valence-electron chi connectivity index (χ1n) is 6.30. The predicted octanol–water partition coefficient (Wildman–Crippen LogP) is 3.09. The smallest absolute Gasteiger partial charge is 0.338 e. The Morgan fingerprint density at radius 3 is 2.50 bits per heavy atom. The largest absolute Gasteiger partial charge is 0.465 e. The molecular formula is C15H23NO2. The predicted molar refractivity (Wildman–Crippen MR) is 73.6 cm³/mol. The highest BCUT2D eigenvalue weighted by atomic mass is 16.5. The number of hydrogen-bond acceptors (Lipinski definition) is 3. The van der Waals surface area contributed by atoms with Crippen molar-refractivity contribution in [3.63, 3.8) is 0 Å². The highest BCUT2D eigenvalue weighted by Gasteiger charge is 2.22. The van der Waals surface area contributed by atoms with E-state index in [9.17, 15) is 4.79 Å². The van der Waals surface area contributed by atoms with Crippen LogP contribution in [0.5, 0.6) is 0 Å². The van der Waals surface area contributed by atoms with Gasteiger partial charge >= 0.3 is 5.97 Å². The second kappa shape index (κ2) is 6.01. The van der Waals surface area contributed by atoms with Crippen LogP contribution in [0.15, 0.2) is 24.3 Å². The SMILES string of the molecule is CCC(C)(C)N(C)Cc1ccccc1C(=O)OC. The van der Waals surface area contributed by atoms with E-state index in [2.05, 4.69) is 32.7 Å². The quantitative estimate of drug-likeness (QED) is 0.751. The van der Waals surface area contributed by atoms with Gasteiger partial charge in [0.1, 0.15) is 0 Å². The molecule has 0 radical (unpaired) electrons. The van der Waals surface area contributed by atoms with Crippen LogP contribution in [-0.4, -0.2) is 30.6 Å². The first-order chi connectivity index (χ1) is 8.42. The molecule has 0 heterocycles. The summed E-state index contributed by atoms with van der Waals surface area (Å²) in [5.41, 5.74) is 1.77. The highest BCUT2D eigenvalue weighted by molar-refractivity contribution is 5.90. The van der Waals surface area contributed by atoms with Crippen molar-refractivity contribution in [3.05, 3.63) is 35.4 Å². The normalized spacial score (nSPS) is 11.7. The summed E-state index contributed by atoms with van der Waals surface area (Å²) in [4.78, 5) is 14.0. The number of carbonyl (C=O) groups is 1. The molecule has 0 aliphatic heterocycles. The van der Waals surface area contributed by atoms with Gasteiger partial charge in [-0.1, -0.05) is 25.1 Å². The lowest BCUT2D eigenvalue weighted by atomic mass is 9.98. The van der Waals surface area contributed by atoms with Crippen LogP contribution in [0.4, 0.5) is 0 Å². The van der Waals surface area contributed by atoms with Gasteiger partial charge in [0.25, 0.3) is 0 Å². The van der Waals surface area contributed by atoms with Gasteiger partial charge in [0.05, 0.1) is 12.7 Å². The maximum Gasteiger partial charge on any atom is 0.338 e. The standard InChI is InChI=1S/C15H23NO2/c1-6-15(2,3)16(4)11-12-9-7-8-10-13(12)14(17)18-5/h7-10H,6,11H2,1-5H3. The van der Waals surface area contributed by atoms with Gasteiger partial charge in [-0.3, -0.25) is 4.90 Å². The molecule has 100 valence electrons. The fourth-order valence-corrected chi connectivity index (χ4v) is 1.71. The molecule has 3 nitrogen and oxygen atoms in total. The van der Waals surface area contributed by atoms with Gasteiger partial charge < -0.3 is 4.74 Å². The van der Waals surface area contributed by atoms with Crippen molar-refractivity contribution >= 4 is 5.97 Å². The van der Waals surface area contributed by atoms with Crippen LogP contribution < -0.4 is 0 Å². The molecule has 18 heavy (non-hydrogen) atoms. The molecule has 1 aromatic carbocycles. The summed E-state index contributed by atoms with van der Waals surface area (Å²) in [6.07, 6.45) is 1.06.